The standard InChI is InChI=1S/C13H10N2S/c16-13-14-10-6-8-5-4-7-2-1-3-9(11(7)8)12(10)15-13/h1-3,6H,4-5H2,(H2,14,15,16). The SMILES string of the molecule is S=c1[nH]c2cc3c4c(cccc4c2[nH]1)CC3. The minimum absolute atomic E-state index is 0.708. The van der Waals surface area contributed by atoms with Crippen LogP contribution < -0.4 is 0 Å². The summed E-state index contributed by atoms with van der Waals surface area (Å²) in [6.45, 7) is 0. The summed E-state index contributed by atoms with van der Waals surface area (Å²) >= 11 is 5.16. The van der Waals surface area contributed by atoms with E-state index in [1.165, 1.54) is 28.3 Å². The van der Waals surface area contributed by atoms with Gasteiger partial charge in [-0.2, -0.15) is 0 Å². The topological polar surface area (TPSA) is 31.6 Å². The number of aromatic amines is 2. The summed E-state index contributed by atoms with van der Waals surface area (Å²) in [7, 11) is 0. The van der Waals surface area contributed by atoms with Crippen molar-refractivity contribution in [3.8, 4) is 0 Å². The molecule has 0 aliphatic heterocycles. The number of nitrogens with one attached hydrogen (secondary N) is 2. The maximum atomic E-state index is 5.16. The van der Waals surface area contributed by atoms with E-state index in [9.17, 15) is 0 Å². The fourth-order valence-electron chi connectivity index (χ4n) is 2.83. The van der Waals surface area contributed by atoms with Gasteiger partial charge in [-0.05, 0) is 47.6 Å². The Morgan fingerprint density at radius 2 is 1.94 bits per heavy atom. The Balaban J connectivity index is 2.39. The third-order valence-corrected chi connectivity index (χ3v) is 3.68. The van der Waals surface area contributed by atoms with Crippen LogP contribution in [0.5, 0.6) is 0 Å². The second-order valence-corrected chi connectivity index (χ2v) is 4.79. The molecule has 3 heteroatoms. The lowest BCUT2D eigenvalue weighted by Crippen LogP contribution is -1.81. The van der Waals surface area contributed by atoms with E-state index in [0.29, 0.717) is 4.77 Å². The van der Waals surface area contributed by atoms with Crippen molar-refractivity contribution >= 4 is 34.0 Å². The summed E-state index contributed by atoms with van der Waals surface area (Å²) in [4.78, 5) is 6.45. The molecule has 78 valence electrons. The lowest BCUT2D eigenvalue weighted by molar-refractivity contribution is 1.02. The molecule has 2 nitrogen and oxygen atoms in total. The molecule has 0 radical (unpaired) electrons. The Morgan fingerprint density at radius 1 is 1.06 bits per heavy atom. The maximum absolute atomic E-state index is 5.16. The summed E-state index contributed by atoms with van der Waals surface area (Å²) in [6, 6.07) is 8.78. The molecule has 16 heavy (non-hydrogen) atoms. The molecule has 2 N–H and O–H groups in total. The van der Waals surface area contributed by atoms with Crippen molar-refractivity contribution in [2.45, 2.75) is 12.8 Å². The third kappa shape index (κ3) is 0.938. The molecular formula is C13H10N2S. The van der Waals surface area contributed by atoms with E-state index in [2.05, 4.69) is 34.2 Å². The summed E-state index contributed by atoms with van der Waals surface area (Å²) in [6.07, 6.45) is 2.32. The zero-order valence-corrected chi connectivity index (χ0v) is 9.45. The molecular weight excluding hydrogens is 216 g/mol. The van der Waals surface area contributed by atoms with Crippen molar-refractivity contribution < 1.29 is 0 Å². The first-order valence-electron chi connectivity index (χ1n) is 5.48. The molecule has 0 amide bonds. The van der Waals surface area contributed by atoms with Crippen molar-refractivity contribution in [2.24, 2.45) is 0 Å². The number of H-pyrrole nitrogens is 2. The molecule has 1 aliphatic carbocycles. The lowest BCUT2D eigenvalue weighted by Gasteiger charge is -2.02. The largest absolute Gasteiger partial charge is 0.331 e. The van der Waals surface area contributed by atoms with E-state index in [4.69, 9.17) is 12.2 Å². The van der Waals surface area contributed by atoms with Gasteiger partial charge in [0.1, 0.15) is 0 Å². The Hall–Kier alpha value is -1.61. The molecule has 0 saturated heterocycles. The highest BCUT2D eigenvalue weighted by atomic mass is 32.1. The molecule has 0 atom stereocenters. The van der Waals surface area contributed by atoms with Gasteiger partial charge in [0.25, 0.3) is 0 Å². The Bertz CT molecular complexity index is 780. The average molecular weight is 226 g/mol. The molecule has 1 heterocycles. The van der Waals surface area contributed by atoms with Crippen molar-refractivity contribution in [2.75, 3.05) is 0 Å². The number of aryl methyl sites for hydroxylation is 2. The Morgan fingerprint density at radius 3 is 2.88 bits per heavy atom. The van der Waals surface area contributed by atoms with Crippen LogP contribution in [0.1, 0.15) is 11.1 Å². The van der Waals surface area contributed by atoms with E-state index >= 15 is 0 Å². The number of aromatic nitrogens is 2. The van der Waals surface area contributed by atoms with Crippen LogP contribution >= 0.6 is 12.2 Å². The van der Waals surface area contributed by atoms with Gasteiger partial charge in [0, 0.05) is 5.39 Å². The van der Waals surface area contributed by atoms with Crippen LogP contribution in [0.4, 0.5) is 0 Å². The predicted molar refractivity (Wildman–Crippen MR) is 68.4 cm³/mol. The van der Waals surface area contributed by atoms with Gasteiger partial charge >= 0.3 is 0 Å². The first-order chi connectivity index (χ1) is 7.83. The van der Waals surface area contributed by atoms with Crippen molar-refractivity contribution in [3.63, 3.8) is 0 Å². The number of rotatable bonds is 0. The monoisotopic (exact) mass is 226 g/mol. The summed E-state index contributed by atoms with van der Waals surface area (Å²) in [5, 5.41) is 2.73. The molecule has 4 rings (SSSR count). The van der Waals surface area contributed by atoms with Crippen molar-refractivity contribution in [1.82, 2.24) is 9.97 Å². The highest BCUT2D eigenvalue weighted by Gasteiger charge is 2.16. The van der Waals surface area contributed by atoms with E-state index in [0.717, 1.165) is 17.5 Å². The third-order valence-electron chi connectivity index (χ3n) is 3.48. The molecule has 1 aromatic heterocycles. The van der Waals surface area contributed by atoms with Crippen LogP contribution in [0.2, 0.25) is 0 Å². The van der Waals surface area contributed by atoms with Gasteiger partial charge in [0.2, 0.25) is 0 Å². The van der Waals surface area contributed by atoms with Crippen molar-refractivity contribution in [1.29, 1.82) is 0 Å². The number of fused-ring (bicyclic) bond motifs is 2. The molecule has 2 aromatic carbocycles. The van der Waals surface area contributed by atoms with Crippen LogP contribution in [0.15, 0.2) is 24.3 Å². The zero-order valence-electron chi connectivity index (χ0n) is 8.63. The first-order valence-corrected chi connectivity index (χ1v) is 5.89. The number of benzene rings is 2. The summed E-state index contributed by atoms with van der Waals surface area (Å²) in [5.41, 5.74) is 5.19. The van der Waals surface area contributed by atoms with Crippen LogP contribution in [0.3, 0.4) is 0 Å². The van der Waals surface area contributed by atoms with Gasteiger partial charge in [0.15, 0.2) is 4.77 Å². The molecule has 1 aliphatic rings. The van der Waals surface area contributed by atoms with Gasteiger partial charge in [0.05, 0.1) is 11.0 Å². The van der Waals surface area contributed by atoms with Crippen molar-refractivity contribution in [3.05, 3.63) is 40.2 Å². The number of imidazole rings is 1. The van der Waals surface area contributed by atoms with E-state index in [1.54, 1.807) is 0 Å². The molecule has 3 aromatic rings. The normalized spacial score (nSPS) is 14.0. The molecule has 0 saturated carbocycles. The second-order valence-electron chi connectivity index (χ2n) is 4.38. The quantitative estimate of drug-likeness (QED) is 0.565. The van der Waals surface area contributed by atoms with Gasteiger partial charge in [-0.1, -0.05) is 18.2 Å². The minimum atomic E-state index is 0.708. The van der Waals surface area contributed by atoms with E-state index < -0.39 is 0 Å². The highest BCUT2D eigenvalue weighted by Crippen LogP contribution is 2.34. The van der Waals surface area contributed by atoms with Gasteiger partial charge in [-0.15, -0.1) is 0 Å². The first kappa shape index (κ1) is 8.53. The fourth-order valence-corrected chi connectivity index (χ4v) is 3.04. The second kappa shape index (κ2) is 2.74. The fraction of sp³-hybridized carbons (Fsp3) is 0.154. The summed E-state index contributed by atoms with van der Waals surface area (Å²) in [5.74, 6) is 0. The molecule has 0 fully saturated rings. The van der Waals surface area contributed by atoms with Crippen LogP contribution in [0.25, 0.3) is 21.8 Å². The maximum Gasteiger partial charge on any atom is 0.175 e. The average Bonchev–Trinajstić information content (AvgIpc) is 2.84. The molecule has 0 unspecified atom stereocenters. The Labute approximate surface area is 97.3 Å². The van der Waals surface area contributed by atoms with Crippen LogP contribution in [-0.2, 0) is 12.8 Å². The Kier molecular flexibility index (Phi) is 1.46. The zero-order chi connectivity index (χ0) is 10.7. The minimum Gasteiger partial charge on any atom is -0.331 e. The van der Waals surface area contributed by atoms with Gasteiger partial charge in [-0.3, -0.25) is 0 Å². The van der Waals surface area contributed by atoms with E-state index in [-0.39, 0.29) is 0 Å². The van der Waals surface area contributed by atoms with Crippen LogP contribution in [-0.4, -0.2) is 9.97 Å². The predicted octanol–water partition coefficient (Wildman–Crippen LogP) is 3.48. The van der Waals surface area contributed by atoms with Gasteiger partial charge in [-0.25, -0.2) is 0 Å². The summed E-state index contributed by atoms with van der Waals surface area (Å²) < 4.78 is 0.708. The number of hydrogen-bond acceptors (Lipinski definition) is 1. The van der Waals surface area contributed by atoms with Crippen LogP contribution in [0, 0.1) is 4.77 Å². The smallest absolute Gasteiger partial charge is 0.175 e. The van der Waals surface area contributed by atoms with Gasteiger partial charge < -0.3 is 9.97 Å². The van der Waals surface area contributed by atoms with E-state index in [1.807, 2.05) is 0 Å². The highest BCUT2D eigenvalue weighted by molar-refractivity contribution is 7.71. The molecule has 0 bridgehead atoms. The lowest BCUT2D eigenvalue weighted by atomic mass is 10.0. The number of hydrogen-bond donors (Lipinski definition) is 2. The molecule has 0 spiro atoms.